The fraction of sp³-hybridized carbons (Fsp3) is 1.00. The zero-order chi connectivity index (χ0) is 9.68. The minimum Gasteiger partial charge on any atom is -0.378 e. The third kappa shape index (κ3) is 4.60. The van der Waals surface area contributed by atoms with Gasteiger partial charge in [0.25, 0.3) is 0 Å². The zero-order valence-electron chi connectivity index (χ0n) is 8.88. The molecule has 0 amide bonds. The number of ether oxygens (including phenoxy) is 1. The van der Waals surface area contributed by atoms with E-state index in [0.29, 0.717) is 18.1 Å². The van der Waals surface area contributed by atoms with Crippen LogP contribution < -0.4 is 5.48 Å². The van der Waals surface area contributed by atoms with Crippen LogP contribution in [0.25, 0.3) is 0 Å². The van der Waals surface area contributed by atoms with E-state index in [1.54, 1.807) is 0 Å². The Morgan fingerprint density at radius 3 is 2.92 bits per heavy atom. The molecule has 1 heterocycles. The van der Waals surface area contributed by atoms with E-state index in [0.717, 1.165) is 26.1 Å². The van der Waals surface area contributed by atoms with Gasteiger partial charge in [-0.15, -0.1) is 0 Å². The highest BCUT2D eigenvalue weighted by molar-refractivity contribution is 4.71. The van der Waals surface area contributed by atoms with E-state index in [2.05, 4.69) is 26.3 Å². The summed E-state index contributed by atoms with van der Waals surface area (Å²) in [7, 11) is 0. The zero-order valence-corrected chi connectivity index (χ0v) is 8.88. The smallest absolute Gasteiger partial charge is 0.0705 e. The van der Waals surface area contributed by atoms with Crippen LogP contribution in [-0.2, 0) is 9.57 Å². The summed E-state index contributed by atoms with van der Waals surface area (Å²) in [5.41, 5.74) is 3.10. The Balaban J connectivity index is 2.06. The summed E-state index contributed by atoms with van der Waals surface area (Å²) in [5, 5.41) is 0. The molecule has 1 saturated heterocycles. The average Bonchev–Trinajstić information content (AvgIpc) is 2.03. The summed E-state index contributed by atoms with van der Waals surface area (Å²) < 4.78 is 5.44. The molecule has 1 aliphatic rings. The molecule has 2 atom stereocenters. The summed E-state index contributed by atoms with van der Waals surface area (Å²) in [6.07, 6.45) is 2.48. The largest absolute Gasteiger partial charge is 0.378 e. The third-order valence-corrected chi connectivity index (χ3v) is 2.15. The van der Waals surface area contributed by atoms with Crippen molar-refractivity contribution in [3.05, 3.63) is 0 Å². The average molecular weight is 187 g/mol. The lowest BCUT2D eigenvalue weighted by Crippen LogP contribution is -2.38. The van der Waals surface area contributed by atoms with Crippen LogP contribution in [-0.4, -0.2) is 25.4 Å². The summed E-state index contributed by atoms with van der Waals surface area (Å²) in [6, 6.07) is 0.475. The van der Waals surface area contributed by atoms with Crippen LogP contribution in [0.5, 0.6) is 0 Å². The monoisotopic (exact) mass is 187 g/mol. The second-order valence-electron chi connectivity index (χ2n) is 4.23. The van der Waals surface area contributed by atoms with Gasteiger partial charge in [0, 0.05) is 12.6 Å². The van der Waals surface area contributed by atoms with Gasteiger partial charge in [-0.2, -0.15) is 5.48 Å². The van der Waals surface area contributed by atoms with E-state index in [1.807, 2.05) is 0 Å². The van der Waals surface area contributed by atoms with Crippen LogP contribution in [0.2, 0.25) is 0 Å². The Labute approximate surface area is 80.7 Å². The number of hydroxylamine groups is 1. The minimum atomic E-state index is 0.369. The molecule has 3 heteroatoms. The van der Waals surface area contributed by atoms with Gasteiger partial charge in [-0.25, -0.2) is 0 Å². The Bertz CT molecular complexity index is 139. The first kappa shape index (κ1) is 11.0. The van der Waals surface area contributed by atoms with Crippen LogP contribution in [0, 0.1) is 5.92 Å². The molecule has 0 aliphatic carbocycles. The van der Waals surface area contributed by atoms with E-state index in [1.165, 1.54) is 0 Å². The van der Waals surface area contributed by atoms with Gasteiger partial charge in [0.05, 0.1) is 12.7 Å². The summed E-state index contributed by atoms with van der Waals surface area (Å²) in [4.78, 5) is 5.38. The van der Waals surface area contributed by atoms with Crippen molar-refractivity contribution in [2.24, 2.45) is 5.92 Å². The fourth-order valence-corrected chi connectivity index (χ4v) is 1.44. The SMILES string of the molecule is CC(C)CONC1CCOC(C)C1. The van der Waals surface area contributed by atoms with Gasteiger partial charge >= 0.3 is 0 Å². The number of nitrogens with one attached hydrogen (secondary N) is 1. The maximum atomic E-state index is 5.44. The van der Waals surface area contributed by atoms with Gasteiger partial charge in [-0.1, -0.05) is 13.8 Å². The third-order valence-electron chi connectivity index (χ3n) is 2.15. The molecular formula is C10H21NO2. The standard InChI is InChI=1S/C10H21NO2/c1-8(2)7-13-11-10-4-5-12-9(3)6-10/h8-11H,4-7H2,1-3H3. The van der Waals surface area contributed by atoms with Gasteiger partial charge in [0.15, 0.2) is 0 Å². The molecule has 3 nitrogen and oxygen atoms in total. The van der Waals surface area contributed by atoms with Gasteiger partial charge in [-0.05, 0) is 25.7 Å². The topological polar surface area (TPSA) is 30.5 Å². The first-order chi connectivity index (χ1) is 6.18. The van der Waals surface area contributed by atoms with Crippen molar-refractivity contribution >= 4 is 0 Å². The molecule has 0 saturated carbocycles. The van der Waals surface area contributed by atoms with Crippen molar-refractivity contribution in [3.8, 4) is 0 Å². The molecule has 13 heavy (non-hydrogen) atoms. The van der Waals surface area contributed by atoms with Crippen LogP contribution in [0.15, 0.2) is 0 Å². The molecular weight excluding hydrogens is 166 g/mol. The lowest BCUT2D eigenvalue weighted by atomic mass is 10.1. The van der Waals surface area contributed by atoms with E-state index in [4.69, 9.17) is 9.57 Å². The summed E-state index contributed by atoms with van der Waals surface area (Å²) in [6.45, 7) is 8.04. The van der Waals surface area contributed by atoms with Gasteiger partial charge in [0.2, 0.25) is 0 Å². The molecule has 1 aliphatic heterocycles. The van der Waals surface area contributed by atoms with Crippen LogP contribution >= 0.6 is 0 Å². The summed E-state index contributed by atoms with van der Waals surface area (Å²) >= 11 is 0. The van der Waals surface area contributed by atoms with Crippen LogP contribution in [0.3, 0.4) is 0 Å². The maximum Gasteiger partial charge on any atom is 0.0705 e. The Hall–Kier alpha value is -0.120. The molecule has 2 unspecified atom stereocenters. The van der Waals surface area contributed by atoms with E-state index in [-0.39, 0.29) is 0 Å². The van der Waals surface area contributed by atoms with E-state index < -0.39 is 0 Å². The lowest BCUT2D eigenvalue weighted by Gasteiger charge is -2.27. The van der Waals surface area contributed by atoms with Crippen LogP contribution in [0.4, 0.5) is 0 Å². The number of rotatable bonds is 4. The molecule has 0 aromatic carbocycles. The highest BCUT2D eigenvalue weighted by Gasteiger charge is 2.18. The highest BCUT2D eigenvalue weighted by Crippen LogP contribution is 2.12. The molecule has 1 N–H and O–H groups in total. The van der Waals surface area contributed by atoms with E-state index >= 15 is 0 Å². The minimum absolute atomic E-state index is 0.369. The number of hydrogen-bond donors (Lipinski definition) is 1. The maximum absolute atomic E-state index is 5.44. The Morgan fingerprint density at radius 2 is 2.31 bits per heavy atom. The second kappa shape index (κ2) is 5.58. The van der Waals surface area contributed by atoms with Crippen molar-refractivity contribution in [3.63, 3.8) is 0 Å². The first-order valence-electron chi connectivity index (χ1n) is 5.17. The molecule has 1 rings (SSSR count). The van der Waals surface area contributed by atoms with Crippen molar-refractivity contribution < 1.29 is 9.57 Å². The lowest BCUT2D eigenvalue weighted by molar-refractivity contribution is -0.0524. The van der Waals surface area contributed by atoms with Crippen molar-refractivity contribution in [1.82, 2.24) is 5.48 Å². The van der Waals surface area contributed by atoms with E-state index in [9.17, 15) is 0 Å². The summed E-state index contributed by atoms with van der Waals surface area (Å²) in [5.74, 6) is 0.588. The Morgan fingerprint density at radius 1 is 1.54 bits per heavy atom. The second-order valence-corrected chi connectivity index (χ2v) is 4.23. The first-order valence-corrected chi connectivity index (χ1v) is 5.17. The van der Waals surface area contributed by atoms with Gasteiger partial charge in [0.1, 0.15) is 0 Å². The molecule has 78 valence electrons. The Kier molecular flexibility index (Phi) is 4.70. The predicted octanol–water partition coefficient (Wildman–Crippen LogP) is 1.73. The van der Waals surface area contributed by atoms with Crippen molar-refractivity contribution in [1.29, 1.82) is 0 Å². The molecule has 0 aromatic heterocycles. The number of hydrogen-bond acceptors (Lipinski definition) is 3. The van der Waals surface area contributed by atoms with Gasteiger partial charge < -0.3 is 9.57 Å². The molecule has 1 fully saturated rings. The predicted molar refractivity (Wildman–Crippen MR) is 52.4 cm³/mol. The quantitative estimate of drug-likeness (QED) is 0.680. The molecule has 0 bridgehead atoms. The van der Waals surface area contributed by atoms with Crippen molar-refractivity contribution in [2.45, 2.75) is 45.8 Å². The van der Waals surface area contributed by atoms with Gasteiger partial charge in [-0.3, -0.25) is 0 Å². The van der Waals surface area contributed by atoms with Crippen LogP contribution in [0.1, 0.15) is 33.6 Å². The van der Waals surface area contributed by atoms with Crippen molar-refractivity contribution in [2.75, 3.05) is 13.2 Å². The molecule has 0 aromatic rings. The normalized spacial score (nSPS) is 29.5. The highest BCUT2D eigenvalue weighted by atomic mass is 16.6. The fourth-order valence-electron chi connectivity index (χ4n) is 1.44. The molecule has 0 radical (unpaired) electrons. The molecule has 0 spiro atoms.